The van der Waals surface area contributed by atoms with E-state index in [1.807, 2.05) is 0 Å². The third-order valence-corrected chi connectivity index (χ3v) is 6.85. The third-order valence-electron chi connectivity index (χ3n) is 4.90. The molecule has 3 aromatic rings. The van der Waals surface area contributed by atoms with Gasteiger partial charge in [0.15, 0.2) is 0 Å². The van der Waals surface area contributed by atoms with Gasteiger partial charge in [-0.15, -0.1) is 0 Å². The van der Waals surface area contributed by atoms with Crippen molar-refractivity contribution < 1.29 is 26.4 Å². The van der Waals surface area contributed by atoms with Crippen LogP contribution in [-0.4, -0.2) is 14.3 Å². The number of amides is 1. The predicted octanol–water partition coefficient (Wildman–Crippen LogP) is 5.08. The Morgan fingerprint density at radius 3 is 2.27 bits per heavy atom. The van der Waals surface area contributed by atoms with E-state index in [0.717, 1.165) is 12.1 Å². The quantitative estimate of drug-likeness (QED) is 0.479. The molecule has 0 saturated carbocycles. The minimum absolute atomic E-state index is 0.0435. The van der Waals surface area contributed by atoms with E-state index in [9.17, 15) is 26.4 Å². The van der Waals surface area contributed by atoms with E-state index in [2.05, 4.69) is 10.0 Å². The Balaban J connectivity index is 1.63. The average Bonchev–Trinajstić information content (AvgIpc) is 2.78. The molecular formula is C23H20ClF3N2O3S. The molecular weight excluding hydrogens is 477 g/mol. The molecule has 0 aliphatic rings. The van der Waals surface area contributed by atoms with Crippen LogP contribution in [0.3, 0.4) is 0 Å². The second-order valence-corrected chi connectivity index (χ2v) is 9.41. The van der Waals surface area contributed by atoms with Crippen molar-refractivity contribution in [3.63, 3.8) is 0 Å². The van der Waals surface area contributed by atoms with Crippen molar-refractivity contribution >= 4 is 27.5 Å². The fraction of sp³-hybridized carbons (Fsp3) is 0.174. The topological polar surface area (TPSA) is 75.3 Å². The van der Waals surface area contributed by atoms with E-state index in [-0.39, 0.29) is 23.5 Å². The Morgan fingerprint density at radius 2 is 1.61 bits per heavy atom. The first kappa shape index (κ1) is 24.8. The van der Waals surface area contributed by atoms with Gasteiger partial charge in [0, 0.05) is 23.7 Å². The van der Waals surface area contributed by atoms with Crippen LogP contribution in [0, 0.1) is 6.92 Å². The largest absolute Gasteiger partial charge is 0.416 e. The molecule has 174 valence electrons. The van der Waals surface area contributed by atoms with Gasteiger partial charge in [-0.3, -0.25) is 4.79 Å². The summed E-state index contributed by atoms with van der Waals surface area (Å²) in [6.07, 6.45) is -4.42. The van der Waals surface area contributed by atoms with E-state index < -0.39 is 27.7 Å². The molecule has 0 aliphatic heterocycles. The van der Waals surface area contributed by atoms with Crippen molar-refractivity contribution in [3.8, 4) is 0 Å². The maximum absolute atomic E-state index is 12.6. The predicted molar refractivity (Wildman–Crippen MR) is 119 cm³/mol. The number of hydrogen-bond acceptors (Lipinski definition) is 3. The molecule has 0 bridgehead atoms. The summed E-state index contributed by atoms with van der Waals surface area (Å²) in [4.78, 5) is 12.5. The molecule has 0 aromatic heterocycles. The number of sulfonamides is 1. The summed E-state index contributed by atoms with van der Waals surface area (Å²) >= 11 is 6.01. The zero-order valence-corrected chi connectivity index (χ0v) is 19.0. The van der Waals surface area contributed by atoms with Gasteiger partial charge < -0.3 is 5.32 Å². The molecule has 0 fully saturated rings. The summed E-state index contributed by atoms with van der Waals surface area (Å²) < 4.78 is 65.7. The molecule has 33 heavy (non-hydrogen) atoms. The van der Waals surface area contributed by atoms with Crippen LogP contribution < -0.4 is 10.0 Å². The fourth-order valence-electron chi connectivity index (χ4n) is 3.05. The highest BCUT2D eigenvalue weighted by Gasteiger charge is 2.29. The number of nitrogens with one attached hydrogen (secondary N) is 2. The normalized spacial score (nSPS) is 11.9. The fourth-order valence-corrected chi connectivity index (χ4v) is 4.57. The average molecular weight is 497 g/mol. The zero-order valence-electron chi connectivity index (χ0n) is 17.4. The molecule has 1 amide bonds. The maximum atomic E-state index is 12.6. The summed E-state index contributed by atoms with van der Waals surface area (Å²) in [5.41, 5.74) is 1.03. The van der Waals surface area contributed by atoms with Crippen molar-refractivity contribution in [2.45, 2.75) is 31.1 Å². The Hall–Kier alpha value is -2.88. The Kier molecular flexibility index (Phi) is 7.46. The highest BCUT2D eigenvalue weighted by Crippen LogP contribution is 2.29. The summed E-state index contributed by atoms with van der Waals surface area (Å²) in [6.45, 7) is 1.61. The van der Waals surface area contributed by atoms with Crippen molar-refractivity contribution in [2.24, 2.45) is 0 Å². The van der Waals surface area contributed by atoms with Crippen molar-refractivity contribution in [2.75, 3.05) is 0 Å². The SMILES string of the molecule is Cc1c(Cl)cccc1S(=O)(=O)NCc1cccc(C(=O)NCc2ccc(C(F)(F)F)cc2)c1. The molecule has 3 aromatic carbocycles. The Morgan fingerprint density at radius 1 is 0.939 bits per heavy atom. The number of benzene rings is 3. The minimum Gasteiger partial charge on any atom is -0.348 e. The summed E-state index contributed by atoms with van der Waals surface area (Å²) in [5, 5.41) is 2.98. The van der Waals surface area contributed by atoms with Crippen LogP contribution in [0.2, 0.25) is 5.02 Å². The van der Waals surface area contributed by atoms with Crippen LogP contribution in [0.5, 0.6) is 0 Å². The number of carbonyl (C=O) groups excluding carboxylic acids is 1. The Bertz CT molecular complexity index is 1260. The van der Waals surface area contributed by atoms with Crippen LogP contribution >= 0.6 is 11.6 Å². The number of halogens is 4. The van der Waals surface area contributed by atoms with Crippen LogP contribution in [0.1, 0.15) is 32.6 Å². The van der Waals surface area contributed by atoms with Crippen molar-refractivity contribution in [1.82, 2.24) is 10.0 Å². The number of hydrogen-bond donors (Lipinski definition) is 2. The number of rotatable bonds is 7. The molecule has 0 aliphatic carbocycles. The molecule has 2 N–H and O–H groups in total. The lowest BCUT2D eigenvalue weighted by Gasteiger charge is -2.11. The summed E-state index contributed by atoms with van der Waals surface area (Å²) in [5.74, 6) is -0.440. The Labute approximate surface area is 194 Å². The molecule has 10 heteroatoms. The van der Waals surface area contributed by atoms with Gasteiger partial charge in [-0.05, 0) is 60.0 Å². The molecule has 5 nitrogen and oxygen atoms in total. The highest BCUT2D eigenvalue weighted by atomic mass is 35.5. The number of alkyl halides is 3. The standard InChI is InChI=1S/C23H20ClF3N2O3S/c1-15-20(24)6-3-7-21(15)33(31,32)29-14-17-4-2-5-18(12-17)22(30)28-13-16-8-10-19(11-9-16)23(25,26)27/h2-12,29H,13-14H2,1H3,(H,28,30). The lowest BCUT2D eigenvalue weighted by Crippen LogP contribution is -2.25. The molecule has 0 spiro atoms. The molecule has 0 atom stereocenters. The van der Waals surface area contributed by atoms with Gasteiger partial charge in [0.2, 0.25) is 10.0 Å². The van der Waals surface area contributed by atoms with Gasteiger partial charge in [0.1, 0.15) is 0 Å². The van der Waals surface area contributed by atoms with E-state index >= 15 is 0 Å². The maximum Gasteiger partial charge on any atom is 0.416 e. The molecule has 0 radical (unpaired) electrons. The lowest BCUT2D eigenvalue weighted by atomic mass is 10.1. The van der Waals surface area contributed by atoms with Crippen molar-refractivity contribution in [3.05, 3.63) is 99.6 Å². The zero-order chi connectivity index (χ0) is 24.2. The first-order valence-corrected chi connectivity index (χ1v) is 11.6. The van der Waals surface area contributed by atoms with Crippen LogP contribution in [0.25, 0.3) is 0 Å². The number of carbonyl (C=O) groups is 1. The van der Waals surface area contributed by atoms with Gasteiger partial charge in [0.25, 0.3) is 5.91 Å². The molecule has 0 heterocycles. The van der Waals surface area contributed by atoms with Crippen LogP contribution in [-0.2, 0) is 29.3 Å². The van der Waals surface area contributed by atoms with Gasteiger partial charge in [-0.2, -0.15) is 13.2 Å². The van der Waals surface area contributed by atoms with Crippen LogP contribution in [0.15, 0.2) is 71.6 Å². The highest BCUT2D eigenvalue weighted by molar-refractivity contribution is 7.89. The smallest absolute Gasteiger partial charge is 0.348 e. The van der Waals surface area contributed by atoms with Crippen LogP contribution in [0.4, 0.5) is 13.2 Å². The molecule has 0 saturated heterocycles. The van der Waals surface area contributed by atoms with E-state index in [1.165, 1.54) is 24.3 Å². The molecule has 0 unspecified atom stereocenters. The van der Waals surface area contributed by atoms with Gasteiger partial charge in [-0.1, -0.05) is 41.9 Å². The van der Waals surface area contributed by atoms with E-state index in [0.29, 0.717) is 21.7 Å². The lowest BCUT2D eigenvalue weighted by molar-refractivity contribution is -0.137. The summed E-state index contributed by atoms with van der Waals surface area (Å²) in [6, 6.07) is 15.5. The van der Waals surface area contributed by atoms with Gasteiger partial charge >= 0.3 is 6.18 Å². The van der Waals surface area contributed by atoms with Gasteiger partial charge in [-0.25, -0.2) is 13.1 Å². The molecule has 3 rings (SSSR count). The minimum atomic E-state index is -4.42. The van der Waals surface area contributed by atoms with Crippen molar-refractivity contribution in [1.29, 1.82) is 0 Å². The summed E-state index contributed by atoms with van der Waals surface area (Å²) in [7, 11) is -3.82. The first-order valence-electron chi connectivity index (χ1n) is 9.75. The van der Waals surface area contributed by atoms with Gasteiger partial charge in [0.05, 0.1) is 10.5 Å². The third kappa shape index (κ3) is 6.34. The van der Waals surface area contributed by atoms with E-state index in [4.69, 9.17) is 11.6 Å². The second kappa shape index (κ2) is 9.94. The first-order chi connectivity index (χ1) is 15.5. The monoisotopic (exact) mass is 496 g/mol. The van der Waals surface area contributed by atoms with E-state index in [1.54, 1.807) is 37.3 Å². The second-order valence-electron chi connectivity index (χ2n) is 7.27.